The molecule has 1 aromatic carbocycles. The Morgan fingerprint density at radius 3 is 2.38 bits per heavy atom. The second-order valence-electron chi connectivity index (χ2n) is 6.53. The lowest BCUT2D eigenvalue weighted by atomic mass is 10.1. The van der Waals surface area contributed by atoms with Crippen molar-refractivity contribution in [1.29, 1.82) is 5.26 Å². The number of benzene rings is 1. The fraction of sp³-hybridized carbons (Fsp3) is 0.389. The van der Waals surface area contributed by atoms with E-state index in [2.05, 4.69) is 11.1 Å². The maximum absolute atomic E-state index is 13.3. The van der Waals surface area contributed by atoms with E-state index >= 15 is 0 Å². The third kappa shape index (κ3) is 3.12. The van der Waals surface area contributed by atoms with Gasteiger partial charge >= 0.3 is 0 Å². The summed E-state index contributed by atoms with van der Waals surface area (Å²) in [5, 5.41) is 9.27. The quantitative estimate of drug-likeness (QED) is 0.843. The minimum Gasteiger partial charge on any atom is -0.423 e. The highest BCUT2D eigenvalue weighted by Crippen LogP contribution is 2.41. The van der Waals surface area contributed by atoms with Gasteiger partial charge in [0.2, 0.25) is 17.5 Å². The number of rotatable bonds is 3. The van der Waals surface area contributed by atoms with Crippen LogP contribution in [0.15, 0.2) is 22.6 Å². The molecule has 1 aromatic heterocycles. The predicted molar refractivity (Wildman–Crippen MR) is 87.7 cm³/mol. The number of nitrogens with zero attached hydrogens (tertiary/aromatic N) is 4. The topological polar surface area (TPSA) is 73.4 Å². The first-order chi connectivity index (χ1) is 12.5. The highest BCUT2D eigenvalue weighted by molar-refractivity contribution is 5.94. The predicted octanol–water partition coefficient (Wildman–Crippen LogP) is 2.66. The highest BCUT2D eigenvalue weighted by atomic mass is 19.1. The van der Waals surface area contributed by atoms with Gasteiger partial charge in [-0.05, 0) is 25.0 Å². The average Bonchev–Trinajstić information content (AvgIpc) is 3.39. The van der Waals surface area contributed by atoms with Crippen LogP contribution in [0.4, 0.5) is 14.7 Å². The molecule has 0 unspecified atom stereocenters. The lowest BCUT2D eigenvalue weighted by molar-refractivity contribution is 0.0744. The van der Waals surface area contributed by atoms with Gasteiger partial charge in [0.15, 0.2) is 0 Å². The molecule has 1 aliphatic carbocycles. The van der Waals surface area contributed by atoms with Crippen LogP contribution in [-0.4, -0.2) is 42.0 Å². The summed E-state index contributed by atoms with van der Waals surface area (Å²) in [6.45, 7) is 1.64. The van der Waals surface area contributed by atoms with Gasteiger partial charge in [-0.25, -0.2) is 13.8 Å². The van der Waals surface area contributed by atoms with Crippen LogP contribution >= 0.6 is 0 Å². The summed E-state index contributed by atoms with van der Waals surface area (Å²) in [6, 6.07) is 4.86. The third-order valence-corrected chi connectivity index (χ3v) is 4.62. The fourth-order valence-electron chi connectivity index (χ4n) is 3.09. The first-order valence-electron chi connectivity index (χ1n) is 8.46. The number of hydrogen-bond acceptors (Lipinski definition) is 5. The van der Waals surface area contributed by atoms with Gasteiger partial charge in [0, 0.05) is 43.7 Å². The Balaban J connectivity index is 1.46. The molecule has 2 aromatic rings. The van der Waals surface area contributed by atoms with Gasteiger partial charge in [0.05, 0.1) is 0 Å². The molecule has 26 heavy (non-hydrogen) atoms. The van der Waals surface area contributed by atoms with Crippen LogP contribution in [0.1, 0.15) is 40.7 Å². The Morgan fingerprint density at radius 2 is 1.81 bits per heavy atom. The van der Waals surface area contributed by atoms with Gasteiger partial charge in [-0.2, -0.15) is 5.26 Å². The average molecular weight is 358 g/mol. The number of aromatic nitrogens is 1. The Kier molecular flexibility index (Phi) is 4.07. The summed E-state index contributed by atoms with van der Waals surface area (Å²) < 4.78 is 32.4. The molecule has 4 rings (SSSR count). The molecule has 134 valence electrons. The maximum Gasteiger partial charge on any atom is 0.254 e. The molecule has 2 aliphatic rings. The number of carbonyl (C=O) groups excluding carboxylic acids is 1. The number of hydrogen-bond donors (Lipinski definition) is 0. The number of amides is 1. The van der Waals surface area contributed by atoms with E-state index in [9.17, 15) is 18.8 Å². The molecule has 2 heterocycles. The minimum absolute atomic E-state index is 0.00986. The summed E-state index contributed by atoms with van der Waals surface area (Å²) in [7, 11) is 0. The Hall–Kier alpha value is -2.95. The van der Waals surface area contributed by atoms with Crippen molar-refractivity contribution >= 4 is 11.8 Å². The molecule has 0 radical (unpaired) electrons. The van der Waals surface area contributed by atoms with Crippen LogP contribution in [0, 0.1) is 23.0 Å². The zero-order valence-corrected chi connectivity index (χ0v) is 13.9. The van der Waals surface area contributed by atoms with Gasteiger partial charge in [-0.15, -0.1) is 0 Å². The molecule has 1 amide bonds. The lowest BCUT2D eigenvalue weighted by Crippen LogP contribution is -2.49. The number of oxazole rings is 1. The number of nitriles is 1. The van der Waals surface area contributed by atoms with E-state index in [0.717, 1.165) is 31.0 Å². The molecule has 1 saturated heterocycles. The Morgan fingerprint density at radius 1 is 1.15 bits per heavy atom. The molecule has 0 bridgehead atoms. The molecule has 6 nitrogen and oxygen atoms in total. The second-order valence-corrected chi connectivity index (χ2v) is 6.53. The van der Waals surface area contributed by atoms with E-state index in [1.807, 2.05) is 4.90 Å². The monoisotopic (exact) mass is 358 g/mol. The first-order valence-corrected chi connectivity index (χ1v) is 8.46. The highest BCUT2D eigenvalue weighted by Gasteiger charge is 2.33. The van der Waals surface area contributed by atoms with E-state index in [4.69, 9.17) is 4.42 Å². The minimum atomic E-state index is -0.778. The van der Waals surface area contributed by atoms with Crippen molar-refractivity contribution in [2.75, 3.05) is 31.1 Å². The summed E-state index contributed by atoms with van der Waals surface area (Å²) in [5.74, 6) is -0.621. The lowest BCUT2D eigenvalue weighted by Gasteiger charge is -2.34. The van der Waals surface area contributed by atoms with Crippen LogP contribution in [0.2, 0.25) is 0 Å². The van der Waals surface area contributed by atoms with Crippen LogP contribution in [0.3, 0.4) is 0 Å². The van der Waals surface area contributed by atoms with Gasteiger partial charge < -0.3 is 14.2 Å². The van der Waals surface area contributed by atoms with E-state index in [1.54, 1.807) is 0 Å². The summed E-state index contributed by atoms with van der Waals surface area (Å²) in [5.41, 5.74) is 0.253. The molecule has 1 saturated carbocycles. The molecule has 0 atom stereocenters. The fourth-order valence-corrected chi connectivity index (χ4v) is 3.09. The van der Waals surface area contributed by atoms with Gasteiger partial charge in [-0.1, -0.05) is 0 Å². The molecular formula is C18H16F2N4O2. The van der Waals surface area contributed by atoms with Crippen molar-refractivity contribution in [3.63, 3.8) is 0 Å². The smallest absolute Gasteiger partial charge is 0.254 e. The van der Waals surface area contributed by atoms with Crippen molar-refractivity contribution < 1.29 is 18.0 Å². The largest absolute Gasteiger partial charge is 0.423 e. The Bertz CT molecular complexity index is 873. The first kappa shape index (κ1) is 16.5. The van der Waals surface area contributed by atoms with Crippen LogP contribution in [0.25, 0.3) is 0 Å². The maximum atomic E-state index is 13.3. The molecule has 8 heteroatoms. The van der Waals surface area contributed by atoms with Crippen molar-refractivity contribution in [1.82, 2.24) is 9.88 Å². The number of anilines is 1. The molecule has 2 fully saturated rings. The third-order valence-electron chi connectivity index (χ3n) is 4.62. The van der Waals surface area contributed by atoms with E-state index < -0.39 is 17.5 Å². The second kappa shape index (κ2) is 6.41. The molecule has 0 spiro atoms. The van der Waals surface area contributed by atoms with E-state index in [-0.39, 0.29) is 11.3 Å². The van der Waals surface area contributed by atoms with Crippen molar-refractivity contribution in [3.05, 3.63) is 47.0 Å². The molecule has 0 N–H and O–H groups in total. The zero-order valence-electron chi connectivity index (χ0n) is 13.9. The summed E-state index contributed by atoms with van der Waals surface area (Å²) in [6.07, 6.45) is 2.05. The number of halogens is 2. The van der Waals surface area contributed by atoms with Gasteiger partial charge in [0.25, 0.3) is 5.91 Å². The number of piperazine rings is 1. The standard InChI is InChI=1S/C18H16F2N4O2/c19-13-7-12(8-14(20)9-13)17(25)23-3-5-24(6-4-23)18-15(10-21)22-16(26-18)11-1-2-11/h7-9,11H,1-6H2. The van der Waals surface area contributed by atoms with Crippen LogP contribution in [0.5, 0.6) is 0 Å². The van der Waals surface area contributed by atoms with E-state index in [0.29, 0.717) is 43.9 Å². The van der Waals surface area contributed by atoms with Crippen molar-refractivity contribution in [2.24, 2.45) is 0 Å². The number of carbonyl (C=O) groups is 1. The van der Waals surface area contributed by atoms with Crippen LogP contribution < -0.4 is 4.90 Å². The van der Waals surface area contributed by atoms with Crippen molar-refractivity contribution in [3.8, 4) is 6.07 Å². The van der Waals surface area contributed by atoms with Crippen molar-refractivity contribution in [2.45, 2.75) is 18.8 Å². The van der Waals surface area contributed by atoms with Crippen LogP contribution in [-0.2, 0) is 0 Å². The SMILES string of the molecule is N#Cc1nc(C2CC2)oc1N1CCN(C(=O)c2cc(F)cc(F)c2)CC1. The summed E-state index contributed by atoms with van der Waals surface area (Å²) >= 11 is 0. The Labute approximate surface area is 148 Å². The van der Waals surface area contributed by atoms with Gasteiger partial charge in [-0.3, -0.25) is 4.79 Å². The zero-order chi connectivity index (χ0) is 18.3. The molecule has 1 aliphatic heterocycles. The van der Waals surface area contributed by atoms with E-state index in [1.165, 1.54) is 4.90 Å². The summed E-state index contributed by atoms with van der Waals surface area (Å²) in [4.78, 5) is 20.1. The normalized spacial score (nSPS) is 17.3. The van der Waals surface area contributed by atoms with Gasteiger partial charge in [0.1, 0.15) is 17.7 Å². The molecular weight excluding hydrogens is 342 g/mol.